The molecule has 1 rings (SSSR count). The zero-order valence-electron chi connectivity index (χ0n) is 12.3. The molecule has 0 aromatic heterocycles. The zero-order valence-corrected chi connectivity index (χ0v) is 12.3. The van der Waals surface area contributed by atoms with Crippen molar-refractivity contribution in [1.82, 2.24) is 4.90 Å². The van der Waals surface area contributed by atoms with E-state index in [1.54, 1.807) is 7.11 Å². The Morgan fingerprint density at radius 3 is 2.53 bits per heavy atom. The van der Waals surface area contributed by atoms with Crippen LogP contribution in [-0.4, -0.2) is 45.4 Å². The number of methoxy groups -OCH3 is 1. The van der Waals surface area contributed by atoms with Crippen LogP contribution in [0.4, 0.5) is 0 Å². The first-order valence-corrected chi connectivity index (χ1v) is 6.83. The van der Waals surface area contributed by atoms with E-state index in [1.165, 1.54) is 0 Å². The van der Waals surface area contributed by atoms with Crippen LogP contribution in [0.15, 0.2) is 24.3 Å². The second kappa shape index (κ2) is 8.91. The van der Waals surface area contributed by atoms with Gasteiger partial charge in [-0.15, -0.1) is 0 Å². The van der Waals surface area contributed by atoms with Gasteiger partial charge < -0.3 is 20.1 Å². The van der Waals surface area contributed by atoms with E-state index in [-0.39, 0.29) is 6.04 Å². The summed E-state index contributed by atoms with van der Waals surface area (Å²) in [6, 6.07) is 8.06. The molecule has 0 fully saturated rings. The molecule has 0 aliphatic carbocycles. The van der Waals surface area contributed by atoms with Gasteiger partial charge in [-0.25, -0.2) is 0 Å². The molecule has 0 heterocycles. The molecule has 4 nitrogen and oxygen atoms in total. The number of likely N-dealkylation sites (N-methyl/N-ethyl adjacent to an activating group) is 1. The van der Waals surface area contributed by atoms with Gasteiger partial charge in [-0.05, 0) is 38.1 Å². The van der Waals surface area contributed by atoms with Crippen molar-refractivity contribution in [2.24, 2.45) is 5.73 Å². The molecule has 0 saturated heterocycles. The Hall–Kier alpha value is -1.10. The van der Waals surface area contributed by atoms with Gasteiger partial charge in [0, 0.05) is 32.8 Å². The van der Waals surface area contributed by atoms with Crippen molar-refractivity contribution in [3.63, 3.8) is 0 Å². The summed E-state index contributed by atoms with van der Waals surface area (Å²) in [4.78, 5) is 2.24. The van der Waals surface area contributed by atoms with E-state index in [4.69, 9.17) is 15.2 Å². The van der Waals surface area contributed by atoms with Gasteiger partial charge in [0.05, 0.1) is 6.61 Å². The number of nitrogens with zero attached hydrogens (tertiary/aromatic N) is 1. The summed E-state index contributed by atoms with van der Waals surface area (Å²) < 4.78 is 10.5. The van der Waals surface area contributed by atoms with Crippen molar-refractivity contribution >= 4 is 0 Å². The first-order valence-electron chi connectivity index (χ1n) is 6.83. The van der Waals surface area contributed by atoms with E-state index in [1.807, 2.05) is 31.2 Å². The summed E-state index contributed by atoms with van der Waals surface area (Å²) in [6.45, 7) is 5.31. The minimum atomic E-state index is 0.0308. The highest BCUT2D eigenvalue weighted by Gasteiger charge is 2.09. The molecular formula is C15H26N2O2. The minimum absolute atomic E-state index is 0.0308. The fraction of sp³-hybridized carbons (Fsp3) is 0.600. The first-order chi connectivity index (χ1) is 9.17. The van der Waals surface area contributed by atoms with Gasteiger partial charge in [-0.1, -0.05) is 12.1 Å². The predicted octanol–water partition coefficient (Wildman–Crippen LogP) is 2.05. The van der Waals surface area contributed by atoms with Crippen molar-refractivity contribution in [1.29, 1.82) is 0 Å². The first kappa shape index (κ1) is 16.0. The quantitative estimate of drug-likeness (QED) is 0.695. The topological polar surface area (TPSA) is 47.7 Å². The van der Waals surface area contributed by atoms with Crippen LogP contribution in [-0.2, 0) is 4.74 Å². The molecule has 0 bridgehead atoms. The molecular weight excluding hydrogens is 240 g/mol. The molecule has 0 aliphatic rings. The van der Waals surface area contributed by atoms with E-state index in [9.17, 15) is 0 Å². The van der Waals surface area contributed by atoms with Gasteiger partial charge in [-0.2, -0.15) is 0 Å². The van der Waals surface area contributed by atoms with Crippen molar-refractivity contribution in [2.75, 3.05) is 40.5 Å². The highest BCUT2D eigenvalue weighted by molar-refractivity contribution is 5.29. The van der Waals surface area contributed by atoms with Crippen molar-refractivity contribution in [3.05, 3.63) is 29.8 Å². The van der Waals surface area contributed by atoms with Crippen molar-refractivity contribution in [3.8, 4) is 5.75 Å². The summed E-state index contributed by atoms with van der Waals surface area (Å²) in [5.74, 6) is 0.895. The summed E-state index contributed by atoms with van der Waals surface area (Å²) >= 11 is 0. The van der Waals surface area contributed by atoms with Gasteiger partial charge in [0.15, 0.2) is 0 Å². The van der Waals surface area contributed by atoms with Crippen LogP contribution in [0.25, 0.3) is 0 Å². The summed E-state index contributed by atoms with van der Waals surface area (Å²) in [5, 5.41) is 0. The molecule has 0 saturated carbocycles. The Morgan fingerprint density at radius 1 is 1.26 bits per heavy atom. The van der Waals surface area contributed by atoms with Crippen LogP contribution in [0, 0.1) is 0 Å². The molecule has 0 aliphatic heterocycles. The molecule has 1 aromatic carbocycles. The monoisotopic (exact) mass is 266 g/mol. The Balaban J connectivity index is 2.41. The van der Waals surface area contributed by atoms with Crippen LogP contribution in [0.3, 0.4) is 0 Å². The van der Waals surface area contributed by atoms with Gasteiger partial charge in [0.25, 0.3) is 0 Å². The molecule has 1 atom stereocenters. The minimum Gasteiger partial charge on any atom is -0.494 e. The maximum Gasteiger partial charge on any atom is 0.119 e. The Labute approximate surface area is 116 Å². The standard InChI is InChI=1S/C15H26N2O2/c1-4-19-14-8-6-13(7-9-14)15(16)12-17(2)10-5-11-18-3/h6-9,15H,4-5,10-12,16H2,1-3H3. The average Bonchev–Trinajstić information content (AvgIpc) is 2.40. The van der Waals surface area contributed by atoms with Gasteiger partial charge in [0.2, 0.25) is 0 Å². The average molecular weight is 266 g/mol. The Bertz CT molecular complexity index is 341. The molecule has 1 aromatic rings. The van der Waals surface area contributed by atoms with Gasteiger partial charge >= 0.3 is 0 Å². The lowest BCUT2D eigenvalue weighted by molar-refractivity contribution is 0.177. The fourth-order valence-electron chi connectivity index (χ4n) is 1.99. The van der Waals surface area contributed by atoms with E-state index in [0.29, 0.717) is 6.61 Å². The fourth-order valence-corrected chi connectivity index (χ4v) is 1.99. The van der Waals surface area contributed by atoms with Crippen LogP contribution in [0.5, 0.6) is 5.75 Å². The zero-order chi connectivity index (χ0) is 14.1. The highest BCUT2D eigenvalue weighted by Crippen LogP contribution is 2.17. The Morgan fingerprint density at radius 2 is 1.95 bits per heavy atom. The molecule has 1 unspecified atom stereocenters. The molecule has 4 heteroatoms. The smallest absolute Gasteiger partial charge is 0.119 e. The SMILES string of the molecule is CCOc1ccc(C(N)CN(C)CCCOC)cc1. The number of hydrogen-bond donors (Lipinski definition) is 1. The van der Waals surface area contributed by atoms with E-state index in [0.717, 1.165) is 37.4 Å². The summed E-state index contributed by atoms with van der Waals surface area (Å²) in [7, 11) is 3.82. The number of ether oxygens (including phenoxy) is 2. The third-order valence-electron chi connectivity index (χ3n) is 3.02. The normalized spacial score (nSPS) is 12.7. The van der Waals surface area contributed by atoms with Crippen molar-refractivity contribution in [2.45, 2.75) is 19.4 Å². The molecule has 0 radical (unpaired) electrons. The molecule has 2 N–H and O–H groups in total. The third kappa shape index (κ3) is 6.05. The number of benzene rings is 1. The number of rotatable bonds is 9. The van der Waals surface area contributed by atoms with E-state index < -0.39 is 0 Å². The molecule has 108 valence electrons. The number of nitrogens with two attached hydrogens (primary N) is 1. The lowest BCUT2D eigenvalue weighted by Gasteiger charge is -2.21. The van der Waals surface area contributed by atoms with Gasteiger partial charge in [0.1, 0.15) is 5.75 Å². The second-order valence-corrected chi connectivity index (χ2v) is 4.72. The lowest BCUT2D eigenvalue weighted by Crippen LogP contribution is -2.30. The largest absolute Gasteiger partial charge is 0.494 e. The van der Waals surface area contributed by atoms with Gasteiger partial charge in [-0.3, -0.25) is 0 Å². The van der Waals surface area contributed by atoms with Crippen LogP contribution >= 0.6 is 0 Å². The number of hydrogen-bond acceptors (Lipinski definition) is 4. The van der Waals surface area contributed by atoms with Crippen molar-refractivity contribution < 1.29 is 9.47 Å². The maximum atomic E-state index is 6.21. The molecule has 0 amide bonds. The predicted molar refractivity (Wildman–Crippen MR) is 78.5 cm³/mol. The molecule has 19 heavy (non-hydrogen) atoms. The second-order valence-electron chi connectivity index (χ2n) is 4.72. The van der Waals surface area contributed by atoms with Crippen LogP contribution in [0.2, 0.25) is 0 Å². The summed E-state index contributed by atoms with van der Waals surface area (Å²) in [5.41, 5.74) is 7.35. The van der Waals surface area contributed by atoms with Crippen LogP contribution < -0.4 is 10.5 Å². The third-order valence-corrected chi connectivity index (χ3v) is 3.02. The maximum absolute atomic E-state index is 6.21. The lowest BCUT2D eigenvalue weighted by atomic mass is 10.1. The van der Waals surface area contributed by atoms with Crippen LogP contribution in [0.1, 0.15) is 24.9 Å². The highest BCUT2D eigenvalue weighted by atomic mass is 16.5. The van der Waals surface area contributed by atoms with E-state index in [2.05, 4.69) is 11.9 Å². The van der Waals surface area contributed by atoms with E-state index >= 15 is 0 Å². The Kier molecular flexibility index (Phi) is 7.48. The summed E-state index contributed by atoms with van der Waals surface area (Å²) in [6.07, 6.45) is 1.03. The molecule has 0 spiro atoms.